The van der Waals surface area contributed by atoms with Gasteiger partial charge in [-0.1, -0.05) is 6.92 Å². The minimum absolute atomic E-state index is 0.0351. The van der Waals surface area contributed by atoms with Crippen LogP contribution in [0.3, 0.4) is 0 Å². The Labute approximate surface area is 130 Å². The first-order chi connectivity index (χ1) is 9.40. The largest absolute Gasteiger partial charge is 0.312 e. The minimum Gasteiger partial charge on any atom is -0.312 e. The lowest BCUT2D eigenvalue weighted by Gasteiger charge is -2.12. The van der Waals surface area contributed by atoms with Crippen LogP contribution in [0.1, 0.15) is 30.7 Å². The summed E-state index contributed by atoms with van der Waals surface area (Å²) in [5, 5.41) is 3.23. The van der Waals surface area contributed by atoms with Crippen LogP contribution < -0.4 is 10.0 Å². The lowest BCUT2D eigenvalue weighted by atomic mass is 10.3. The first-order valence-corrected chi connectivity index (χ1v) is 10.4. The summed E-state index contributed by atoms with van der Waals surface area (Å²) in [5.74, 6) is 0.957. The summed E-state index contributed by atoms with van der Waals surface area (Å²) in [6, 6.07) is 1.73. The molecule has 1 atom stereocenters. The van der Waals surface area contributed by atoms with Gasteiger partial charge in [0.15, 0.2) is 0 Å². The quantitative estimate of drug-likeness (QED) is 0.728. The molecule has 20 heavy (non-hydrogen) atoms. The van der Waals surface area contributed by atoms with Crippen LogP contribution in [0.5, 0.6) is 0 Å². The summed E-state index contributed by atoms with van der Waals surface area (Å²) in [7, 11) is -3.39. The molecular formula is C13H24N2O2S3. The van der Waals surface area contributed by atoms with E-state index in [2.05, 4.69) is 10.0 Å². The fraction of sp³-hybridized carbons (Fsp3) is 0.692. The third kappa shape index (κ3) is 5.37. The molecular weight excluding hydrogens is 312 g/mol. The Morgan fingerprint density at radius 3 is 2.75 bits per heavy atom. The molecule has 1 heterocycles. The maximum absolute atomic E-state index is 12.3. The molecule has 1 aromatic rings. The van der Waals surface area contributed by atoms with Crippen molar-refractivity contribution in [2.45, 2.75) is 44.0 Å². The predicted octanol–water partition coefficient (Wildman–Crippen LogP) is 2.59. The van der Waals surface area contributed by atoms with Crippen molar-refractivity contribution in [2.24, 2.45) is 0 Å². The van der Waals surface area contributed by atoms with Gasteiger partial charge in [0, 0.05) is 17.5 Å². The fourth-order valence-corrected chi connectivity index (χ4v) is 5.15. The molecule has 0 aliphatic heterocycles. The predicted molar refractivity (Wildman–Crippen MR) is 89.2 cm³/mol. The summed E-state index contributed by atoms with van der Waals surface area (Å²) < 4.78 is 27.8. The third-order valence-electron chi connectivity index (χ3n) is 2.91. The molecule has 4 nitrogen and oxygen atoms in total. The van der Waals surface area contributed by atoms with Crippen LogP contribution in [-0.4, -0.2) is 33.0 Å². The van der Waals surface area contributed by atoms with Gasteiger partial charge in [0.05, 0.1) is 0 Å². The molecule has 1 unspecified atom stereocenters. The Hall–Kier alpha value is -0.0800. The Morgan fingerprint density at radius 1 is 1.45 bits per heavy atom. The van der Waals surface area contributed by atoms with Crippen molar-refractivity contribution >= 4 is 33.1 Å². The van der Waals surface area contributed by atoms with E-state index in [9.17, 15) is 8.42 Å². The van der Waals surface area contributed by atoms with Gasteiger partial charge in [0.25, 0.3) is 0 Å². The monoisotopic (exact) mass is 336 g/mol. The fourth-order valence-electron chi connectivity index (χ4n) is 1.71. The molecule has 0 aromatic carbocycles. The highest BCUT2D eigenvalue weighted by Crippen LogP contribution is 2.26. The molecule has 0 saturated carbocycles. The van der Waals surface area contributed by atoms with Crippen LogP contribution in [0.2, 0.25) is 0 Å². The van der Waals surface area contributed by atoms with Gasteiger partial charge < -0.3 is 5.32 Å². The number of rotatable bonds is 9. The van der Waals surface area contributed by atoms with E-state index in [1.54, 1.807) is 17.8 Å². The van der Waals surface area contributed by atoms with Crippen molar-refractivity contribution in [2.75, 3.05) is 18.6 Å². The first kappa shape index (κ1) is 18.0. The molecule has 0 amide bonds. The van der Waals surface area contributed by atoms with E-state index in [1.165, 1.54) is 11.3 Å². The molecule has 0 spiro atoms. The van der Waals surface area contributed by atoms with E-state index in [0.717, 1.165) is 35.7 Å². The average Bonchev–Trinajstić information content (AvgIpc) is 2.75. The van der Waals surface area contributed by atoms with Crippen LogP contribution in [-0.2, 0) is 16.6 Å². The van der Waals surface area contributed by atoms with Crippen LogP contribution in [0, 0.1) is 6.92 Å². The maximum atomic E-state index is 12.3. The van der Waals surface area contributed by atoms with E-state index in [-0.39, 0.29) is 6.04 Å². The molecule has 0 aliphatic carbocycles. The molecule has 0 saturated heterocycles. The lowest BCUT2D eigenvalue weighted by molar-refractivity contribution is 0.559. The number of aryl methyl sites for hydroxylation is 1. The molecule has 7 heteroatoms. The SMILES string of the molecule is CCNCc1sc(S(=O)(=O)NC(C)CCSC)cc1C. The summed E-state index contributed by atoms with van der Waals surface area (Å²) >= 11 is 3.08. The number of sulfonamides is 1. The van der Waals surface area contributed by atoms with E-state index in [4.69, 9.17) is 0 Å². The number of hydrogen-bond acceptors (Lipinski definition) is 5. The number of thioether (sulfide) groups is 1. The molecule has 0 fully saturated rings. The Bertz CT molecular complexity index is 512. The smallest absolute Gasteiger partial charge is 0.250 e. The molecule has 0 aliphatic rings. The molecule has 1 rings (SSSR count). The molecule has 116 valence electrons. The highest BCUT2D eigenvalue weighted by atomic mass is 32.2. The zero-order chi connectivity index (χ0) is 15.2. The van der Waals surface area contributed by atoms with E-state index in [1.807, 2.05) is 27.0 Å². The Balaban J connectivity index is 2.77. The van der Waals surface area contributed by atoms with Crippen molar-refractivity contribution in [3.63, 3.8) is 0 Å². The third-order valence-corrected chi connectivity index (χ3v) is 6.85. The highest BCUT2D eigenvalue weighted by molar-refractivity contribution is 7.98. The van der Waals surface area contributed by atoms with Gasteiger partial charge in [0.1, 0.15) is 4.21 Å². The van der Waals surface area contributed by atoms with Crippen LogP contribution in [0.25, 0.3) is 0 Å². The zero-order valence-electron chi connectivity index (χ0n) is 12.5. The second kappa shape index (κ2) is 8.38. The first-order valence-electron chi connectivity index (χ1n) is 6.72. The lowest BCUT2D eigenvalue weighted by Crippen LogP contribution is -2.32. The van der Waals surface area contributed by atoms with E-state index < -0.39 is 10.0 Å². The van der Waals surface area contributed by atoms with Gasteiger partial charge in [-0.15, -0.1) is 11.3 Å². The van der Waals surface area contributed by atoms with Gasteiger partial charge in [-0.05, 0) is 50.5 Å². The zero-order valence-corrected chi connectivity index (χ0v) is 15.0. The topological polar surface area (TPSA) is 58.2 Å². The van der Waals surface area contributed by atoms with Crippen molar-refractivity contribution in [1.29, 1.82) is 0 Å². The van der Waals surface area contributed by atoms with Gasteiger partial charge >= 0.3 is 0 Å². The maximum Gasteiger partial charge on any atom is 0.250 e. The highest BCUT2D eigenvalue weighted by Gasteiger charge is 2.20. The second-order valence-corrected chi connectivity index (χ2v) is 8.82. The molecule has 1 aromatic heterocycles. The summed E-state index contributed by atoms with van der Waals surface area (Å²) in [6.07, 6.45) is 2.87. The summed E-state index contributed by atoms with van der Waals surface area (Å²) in [5.41, 5.74) is 1.04. The van der Waals surface area contributed by atoms with Crippen molar-refractivity contribution < 1.29 is 8.42 Å². The van der Waals surface area contributed by atoms with Gasteiger partial charge in [-0.25, -0.2) is 13.1 Å². The summed E-state index contributed by atoms with van der Waals surface area (Å²) in [6.45, 7) is 7.51. The van der Waals surface area contributed by atoms with Crippen molar-refractivity contribution in [3.05, 3.63) is 16.5 Å². The van der Waals surface area contributed by atoms with Crippen LogP contribution in [0.4, 0.5) is 0 Å². The number of thiophene rings is 1. The van der Waals surface area contributed by atoms with Crippen molar-refractivity contribution in [3.8, 4) is 0 Å². The van der Waals surface area contributed by atoms with Gasteiger partial charge in [0.2, 0.25) is 10.0 Å². The second-order valence-electron chi connectivity index (χ2n) is 4.76. The molecule has 0 radical (unpaired) electrons. The number of hydrogen-bond donors (Lipinski definition) is 2. The molecule has 0 bridgehead atoms. The van der Waals surface area contributed by atoms with Crippen LogP contribution >= 0.6 is 23.1 Å². The molecule has 2 N–H and O–H groups in total. The van der Waals surface area contributed by atoms with E-state index >= 15 is 0 Å². The minimum atomic E-state index is -3.39. The average molecular weight is 337 g/mol. The Kier molecular flexibility index (Phi) is 7.53. The standard InChI is InChI=1S/C13H24N2O2S3/c1-5-14-9-12-10(2)8-13(19-12)20(16,17)15-11(3)6-7-18-4/h8,11,14-15H,5-7,9H2,1-4H3. The number of nitrogens with one attached hydrogen (secondary N) is 2. The van der Waals surface area contributed by atoms with Gasteiger partial charge in [-0.2, -0.15) is 11.8 Å². The van der Waals surface area contributed by atoms with E-state index in [0.29, 0.717) is 4.21 Å². The normalized spacial score (nSPS) is 13.6. The van der Waals surface area contributed by atoms with Gasteiger partial charge in [-0.3, -0.25) is 0 Å². The Morgan fingerprint density at radius 2 is 2.15 bits per heavy atom. The summed E-state index contributed by atoms with van der Waals surface area (Å²) in [4.78, 5) is 1.09. The van der Waals surface area contributed by atoms with Crippen LogP contribution in [0.15, 0.2) is 10.3 Å². The van der Waals surface area contributed by atoms with Crippen molar-refractivity contribution in [1.82, 2.24) is 10.0 Å².